The predicted octanol–water partition coefficient (Wildman–Crippen LogP) is 2.64. The van der Waals surface area contributed by atoms with Crippen molar-refractivity contribution in [3.8, 4) is 0 Å². The van der Waals surface area contributed by atoms with Crippen LogP contribution in [0.1, 0.15) is 47.0 Å². The number of aromatic nitrogens is 3. The molecule has 0 spiro atoms. The lowest BCUT2D eigenvalue weighted by Gasteiger charge is -2.13. The molecule has 1 unspecified atom stereocenters. The van der Waals surface area contributed by atoms with Gasteiger partial charge in [-0.15, -0.1) is 0 Å². The van der Waals surface area contributed by atoms with Gasteiger partial charge in [-0.25, -0.2) is 15.0 Å². The van der Waals surface area contributed by atoms with E-state index in [0.717, 1.165) is 30.5 Å². The van der Waals surface area contributed by atoms with Crippen LogP contribution in [0, 0.1) is 5.95 Å². The Balaban J connectivity index is 1.79. The first-order chi connectivity index (χ1) is 10.5. The van der Waals surface area contributed by atoms with Gasteiger partial charge < -0.3 is 5.32 Å². The van der Waals surface area contributed by atoms with Crippen molar-refractivity contribution in [3.63, 3.8) is 0 Å². The molecule has 22 heavy (non-hydrogen) atoms. The van der Waals surface area contributed by atoms with Gasteiger partial charge >= 0.3 is 0 Å². The van der Waals surface area contributed by atoms with Crippen LogP contribution >= 0.6 is 11.6 Å². The van der Waals surface area contributed by atoms with Crippen LogP contribution in [-0.2, 0) is 12.8 Å². The van der Waals surface area contributed by atoms with Crippen LogP contribution in [-0.4, -0.2) is 20.9 Å². The number of rotatable bonds is 3. The lowest BCUT2D eigenvalue weighted by molar-refractivity contribution is 0.0928. The largest absolute Gasteiger partial charge is 0.341 e. The third-order valence-corrected chi connectivity index (χ3v) is 3.93. The SMILES string of the molecule is CC(NC(=O)c1nc(Cl)c2c(n1)CCC2)c1cccc(F)n1. The van der Waals surface area contributed by atoms with Crippen LogP contribution < -0.4 is 5.32 Å². The van der Waals surface area contributed by atoms with Crippen molar-refractivity contribution in [2.24, 2.45) is 0 Å². The van der Waals surface area contributed by atoms with Crippen molar-refractivity contribution in [1.29, 1.82) is 0 Å². The summed E-state index contributed by atoms with van der Waals surface area (Å²) in [4.78, 5) is 24.3. The van der Waals surface area contributed by atoms with Gasteiger partial charge in [-0.3, -0.25) is 4.79 Å². The standard InChI is InChI=1S/C15H14ClFN4O/c1-8(10-5-3-7-12(17)19-10)18-15(22)14-20-11-6-2-4-9(11)13(16)21-14/h3,5,7-8H,2,4,6H2,1H3,(H,18,22). The molecule has 1 aliphatic carbocycles. The maximum absolute atomic E-state index is 13.1. The van der Waals surface area contributed by atoms with Gasteiger partial charge in [0, 0.05) is 11.3 Å². The van der Waals surface area contributed by atoms with E-state index >= 15 is 0 Å². The number of pyridine rings is 1. The Labute approximate surface area is 132 Å². The van der Waals surface area contributed by atoms with Crippen molar-refractivity contribution in [3.05, 3.63) is 52.1 Å². The second kappa shape index (κ2) is 5.96. The maximum Gasteiger partial charge on any atom is 0.289 e. The molecule has 5 nitrogen and oxygen atoms in total. The first kappa shape index (κ1) is 14.8. The number of halogens is 2. The quantitative estimate of drug-likeness (QED) is 0.697. The molecule has 3 rings (SSSR count). The van der Waals surface area contributed by atoms with Gasteiger partial charge in [-0.05, 0) is 38.3 Å². The summed E-state index contributed by atoms with van der Waals surface area (Å²) in [6, 6.07) is 3.98. The molecule has 2 aromatic heterocycles. The van der Waals surface area contributed by atoms with Gasteiger partial charge in [0.05, 0.1) is 11.7 Å². The first-order valence-corrected chi connectivity index (χ1v) is 7.41. The summed E-state index contributed by atoms with van der Waals surface area (Å²) in [6.45, 7) is 1.72. The number of carbonyl (C=O) groups excluding carboxylic acids is 1. The molecular weight excluding hydrogens is 307 g/mol. The summed E-state index contributed by atoms with van der Waals surface area (Å²) in [6.07, 6.45) is 2.62. The molecule has 0 fully saturated rings. The van der Waals surface area contributed by atoms with E-state index in [9.17, 15) is 9.18 Å². The highest BCUT2D eigenvalue weighted by Crippen LogP contribution is 2.26. The molecule has 0 radical (unpaired) electrons. The number of nitrogens with one attached hydrogen (secondary N) is 1. The molecule has 2 aromatic rings. The minimum atomic E-state index is -0.588. The zero-order valence-electron chi connectivity index (χ0n) is 11.9. The van der Waals surface area contributed by atoms with E-state index < -0.39 is 17.9 Å². The van der Waals surface area contributed by atoms with Crippen molar-refractivity contribution in [2.45, 2.75) is 32.2 Å². The number of fused-ring (bicyclic) bond motifs is 1. The summed E-state index contributed by atoms with van der Waals surface area (Å²) in [5.74, 6) is -1.00. The summed E-state index contributed by atoms with van der Waals surface area (Å²) >= 11 is 6.10. The summed E-state index contributed by atoms with van der Waals surface area (Å²) in [7, 11) is 0. The molecule has 0 saturated heterocycles. The molecule has 2 heterocycles. The van der Waals surface area contributed by atoms with Crippen LogP contribution in [0.2, 0.25) is 5.15 Å². The Bertz CT molecular complexity index is 737. The van der Waals surface area contributed by atoms with Gasteiger partial charge in [-0.1, -0.05) is 17.7 Å². The molecule has 1 atom stereocenters. The minimum Gasteiger partial charge on any atom is -0.341 e. The van der Waals surface area contributed by atoms with E-state index in [1.807, 2.05) is 0 Å². The highest BCUT2D eigenvalue weighted by Gasteiger charge is 2.22. The number of hydrogen-bond acceptors (Lipinski definition) is 4. The number of hydrogen-bond donors (Lipinski definition) is 1. The lowest BCUT2D eigenvalue weighted by Crippen LogP contribution is -2.29. The van der Waals surface area contributed by atoms with Crippen molar-refractivity contribution >= 4 is 17.5 Å². The number of nitrogens with zero attached hydrogens (tertiary/aromatic N) is 3. The third kappa shape index (κ3) is 2.92. The van der Waals surface area contributed by atoms with Gasteiger partial charge in [0.2, 0.25) is 11.8 Å². The Morgan fingerprint density at radius 1 is 1.32 bits per heavy atom. The zero-order chi connectivity index (χ0) is 15.7. The van der Waals surface area contributed by atoms with Gasteiger partial charge in [0.15, 0.2) is 0 Å². The van der Waals surface area contributed by atoms with Crippen LogP contribution in [0.15, 0.2) is 18.2 Å². The van der Waals surface area contributed by atoms with Crippen molar-refractivity contribution in [2.75, 3.05) is 0 Å². The Kier molecular flexibility index (Phi) is 4.02. The molecule has 7 heteroatoms. The zero-order valence-corrected chi connectivity index (χ0v) is 12.7. The normalized spacial score (nSPS) is 14.5. The van der Waals surface area contributed by atoms with Gasteiger partial charge in [0.25, 0.3) is 5.91 Å². The summed E-state index contributed by atoms with van der Waals surface area (Å²) in [5, 5.41) is 3.04. The van der Waals surface area contributed by atoms with Crippen molar-refractivity contribution < 1.29 is 9.18 Å². The van der Waals surface area contributed by atoms with Gasteiger partial charge in [-0.2, -0.15) is 4.39 Å². The van der Waals surface area contributed by atoms with Crippen LogP contribution in [0.3, 0.4) is 0 Å². The summed E-state index contributed by atoms with van der Waals surface area (Å²) < 4.78 is 13.1. The van der Waals surface area contributed by atoms with Crippen LogP contribution in [0.4, 0.5) is 4.39 Å². The monoisotopic (exact) mass is 320 g/mol. The fourth-order valence-corrected chi connectivity index (χ4v) is 2.77. The second-order valence-corrected chi connectivity index (χ2v) is 5.56. The van der Waals surface area contributed by atoms with Crippen LogP contribution in [0.25, 0.3) is 0 Å². The Morgan fingerprint density at radius 2 is 2.14 bits per heavy atom. The number of amides is 1. The predicted molar refractivity (Wildman–Crippen MR) is 79.1 cm³/mol. The minimum absolute atomic E-state index is 0.0360. The topological polar surface area (TPSA) is 67.8 Å². The molecule has 1 aliphatic rings. The maximum atomic E-state index is 13.1. The average molecular weight is 321 g/mol. The molecule has 0 aliphatic heterocycles. The number of aryl methyl sites for hydroxylation is 1. The lowest BCUT2D eigenvalue weighted by atomic mass is 10.2. The van der Waals surface area contributed by atoms with E-state index in [-0.39, 0.29) is 5.82 Å². The molecule has 0 saturated carbocycles. The molecule has 114 valence electrons. The second-order valence-electron chi connectivity index (χ2n) is 5.20. The number of carbonyl (C=O) groups is 1. The Hall–Kier alpha value is -2.08. The highest BCUT2D eigenvalue weighted by atomic mass is 35.5. The molecule has 1 amide bonds. The molecular formula is C15H14ClFN4O. The molecule has 1 N–H and O–H groups in total. The third-order valence-electron chi connectivity index (χ3n) is 3.61. The smallest absolute Gasteiger partial charge is 0.289 e. The van der Waals surface area contributed by atoms with Gasteiger partial charge in [0.1, 0.15) is 5.15 Å². The first-order valence-electron chi connectivity index (χ1n) is 7.03. The molecule has 0 bridgehead atoms. The van der Waals surface area contributed by atoms with E-state index in [4.69, 9.17) is 11.6 Å². The fraction of sp³-hybridized carbons (Fsp3) is 0.333. The van der Waals surface area contributed by atoms with Crippen molar-refractivity contribution in [1.82, 2.24) is 20.3 Å². The van der Waals surface area contributed by atoms with E-state index in [1.165, 1.54) is 6.07 Å². The van der Waals surface area contributed by atoms with E-state index in [1.54, 1.807) is 19.1 Å². The van der Waals surface area contributed by atoms with Crippen LogP contribution in [0.5, 0.6) is 0 Å². The fourth-order valence-electron chi connectivity index (χ4n) is 2.49. The van der Waals surface area contributed by atoms with E-state index in [0.29, 0.717) is 10.8 Å². The highest BCUT2D eigenvalue weighted by molar-refractivity contribution is 6.30. The van der Waals surface area contributed by atoms with E-state index in [2.05, 4.69) is 20.3 Å². The average Bonchev–Trinajstić information content (AvgIpc) is 2.96. The molecule has 0 aromatic carbocycles. The summed E-state index contributed by atoms with van der Waals surface area (Å²) in [5.41, 5.74) is 2.19. The Morgan fingerprint density at radius 3 is 2.91 bits per heavy atom.